The summed E-state index contributed by atoms with van der Waals surface area (Å²) in [6, 6.07) is 0. The Hall–Kier alpha value is -6.13. The standard InChI is InChI=1S/C76H115NO8/c1-6-8-10-12-14-16-18-20-22-24-26-28-30-32-34-35-36-37-38-39-41-43-45-47-49-51-53-55-57-59-61-63-65-67-74(79)85-72(71-84-76(75(80)81)82-69-68-77(3,4)5)70-83-73(78)66-64-62-60-58-56-54-52-50-48-46-44-42-40-33-31-29-27-25-23-21-19-17-15-13-11-9-7-2/h8-11,14-17,20-23,26-29,32-34,36-37,39-41,44-47,50-53,56,58,72,76H,6-7,12-13,18-19,24-25,30-31,35,38,42-43,48-49,54-55,57,59-71H2,1-5H3/p+1/b10-8-,11-9-,16-14-,17-15-,22-20-,23-21-,28-26-,29-27-,34-32-,37-36-,40-33-,41-39-,46-44-,47-45-,52-50-,53-51-,58-56-. The van der Waals surface area contributed by atoms with Crippen LogP contribution in [0.15, 0.2) is 207 Å². The van der Waals surface area contributed by atoms with E-state index in [1.165, 1.54) is 0 Å². The molecule has 0 rings (SSSR count). The predicted octanol–water partition coefficient (Wildman–Crippen LogP) is 20.0. The van der Waals surface area contributed by atoms with Crippen molar-refractivity contribution in [2.75, 3.05) is 47.5 Å². The van der Waals surface area contributed by atoms with Crippen LogP contribution in [0.4, 0.5) is 0 Å². The van der Waals surface area contributed by atoms with Gasteiger partial charge in [-0.15, -0.1) is 0 Å². The number of quaternary nitrogens is 1. The minimum atomic E-state index is -1.54. The van der Waals surface area contributed by atoms with Crippen LogP contribution in [0, 0.1) is 0 Å². The first-order valence-corrected chi connectivity index (χ1v) is 32.2. The number of ether oxygens (including phenoxy) is 4. The quantitative estimate of drug-likeness (QED) is 0.0211. The summed E-state index contributed by atoms with van der Waals surface area (Å²) in [5, 5.41) is 9.73. The average Bonchev–Trinajstić information content (AvgIpc) is 3.49. The van der Waals surface area contributed by atoms with Gasteiger partial charge in [-0.3, -0.25) is 9.59 Å². The molecular weight excluding hydrogens is 1050 g/mol. The number of esters is 2. The highest BCUT2D eigenvalue weighted by atomic mass is 16.7. The maximum absolute atomic E-state index is 12.9. The van der Waals surface area contributed by atoms with Crippen LogP contribution in [0.25, 0.3) is 0 Å². The predicted molar refractivity (Wildman–Crippen MR) is 363 cm³/mol. The summed E-state index contributed by atoms with van der Waals surface area (Å²) in [6.07, 6.45) is 97.7. The lowest BCUT2D eigenvalue weighted by Crippen LogP contribution is -2.40. The lowest BCUT2D eigenvalue weighted by Gasteiger charge is -2.25. The van der Waals surface area contributed by atoms with Crippen molar-refractivity contribution in [2.24, 2.45) is 0 Å². The fraction of sp³-hybridized carbons (Fsp3) is 0.513. The van der Waals surface area contributed by atoms with Crippen LogP contribution in [-0.4, -0.2) is 87.4 Å². The molecule has 0 aliphatic rings. The number of hydrogen-bond acceptors (Lipinski definition) is 7. The first kappa shape index (κ1) is 78.9. The van der Waals surface area contributed by atoms with E-state index in [4.69, 9.17) is 18.9 Å². The summed E-state index contributed by atoms with van der Waals surface area (Å²) >= 11 is 0. The number of unbranched alkanes of at least 4 members (excludes halogenated alkanes) is 7. The molecule has 0 bridgehead atoms. The maximum atomic E-state index is 12.9. The molecule has 0 radical (unpaired) electrons. The van der Waals surface area contributed by atoms with Gasteiger partial charge in [-0.1, -0.05) is 240 Å². The number of carbonyl (C=O) groups excluding carboxylic acids is 2. The molecule has 2 atom stereocenters. The van der Waals surface area contributed by atoms with Crippen LogP contribution in [0.3, 0.4) is 0 Å². The van der Waals surface area contributed by atoms with Crippen molar-refractivity contribution in [3.8, 4) is 0 Å². The van der Waals surface area contributed by atoms with Crippen LogP contribution in [0.1, 0.15) is 194 Å². The summed E-state index contributed by atoms with van der Waals surface area (Å²) in [4.78, 5) is 37.5. The van der Waals surface area contributed by atoms with E-state index in [0.29, 0.717) is 23.9 Å². The van der Waals surface area contributed by atoms with Gasteiger partial charge in [0.1, 0.15) is 13.2 Å². The fourth-order valence-electron chi connectivity index (χ4n) is 7.67. The molecule has 0 aromatic rings. The highest BCUT2D eigenvalue weighted by Gasteiger charge is 2.25. The van der Waals surface area contributed by atoms with Gasteiger partial charge in [0.15, 0.2) is 6.10 Å². The molecule has 0 aromatic heterocycles. The number of aliphatic carboxylic acids is 1. The summed E-state index contributed by atoms with van der Waals surface area (Å²) in [7, 11) is 5.93. The average molecular weight is 1170 g/mol. The van der Waals surface area contributed by atoms with E-state index < -0.39 is 30.3 Å². The summed E-state index contributed by atoms with van der Waals surface area (Å²) in [6.45, 7) is 4.53. The lowest BCUT2D eigenvalue weighted by atomic mass is 10.1. The third kappa shape index (κ3) is 65.3. The van der Waals surface area contributed by atoms with E-state index in [1.54, 1.807) is 0 Å². The minimum Gasteiger partial charge on any atom is -0.477 e. The number of likely N-dealkylation sites (N-methyl/N-ethyl adjacent to an activating group) is 1. The smallest absolute Gasteiger partial charge is 0.361 e. The molecule has 0 saturated carbocycles. The lowest BCUT2D eigenvalue weighted by molar-refractivity contribution is -0.870. The Morgan fingerprint density at radius 3 is 0.965 bits per heavy atom. The molecule has 85 heavy (non-hydrogen) atoms. The summed E-state index contributed by atoms with van der Waals surface area (Å²) in [5.74, 6) is -2.12. The Bertz CT molecular complexity index is 2140. The molecule has 472 valence electrons. The van der Waals surface area contributed by atoms with Crippen molar-refractivity contribution in [1.29, 1.82) is 0 Å². The number of carboxylic acids is 1. The van der Waals surface area contributed by atoms with Crippen LogP contribution in [0.2, 0.25) is 0 Å². The summed E-state index contributed by atoms with van der Waals surface area (Å²) in [5.41, 5.74) is 0. The van der Waals surface area contributed by atoms with Gasteiger partial charge < -0.3 is 28.5 Å². The third-order valence-electron chi connectivity index (χ3n) is 12.5. The van der Waals surface area contributed by atoms with Crippen LogP contribution >= 0.6 is 0 Å². The van der Waals surface area contributed by atoms with Gasteiger partial charge >= 0.3 is 17.9 Å². The molecule has 2 unspecified atom stereocenters. The molecule has 0 aliphatic heterocycles. The van der Waals surface area contributed by atoms with Crippen molar-refractivity contribution in [1.82, 2.24) is 0 Å². The van der Waals surface area contributed by atoms with Gasteiger partial charge in [-0.05, 0) is 148 Å². The molecule has 0 fully saturated rings. The van der Waals surface area contributed by atoms with E-state index >= 15 is 0 Å². The first-order chi connectivity index (χ1) is 41.6. The highest BCUT2D eigenvalue weighted by Crippen LogP contribution is 2.12. The number of carboxylic acid groups (broad SMARTS) is 1. The van der Waals surface area contributed by atoms with Crippen molar-refractivity contribution in [2.45, 2.75) is 206 Å². The molecule has 0 spiro atoms. The molecule has 0 heterocycles. The number of rotatable bonds is 56. The molecule has 9 nitrogen and oxygen atoms in total. The maximum Gasteiger partial charge on any atom is 0.361 e. The van der Waals surface area contributed by atoms with Gasteiger partial charge in [-0.25, -0.2) is 4.79 Å². The van der Waals surface area contributed by atoms with Gasteiger partial charge in [0, 0.05) is 12.8 Å². The third-order valence-corrected chi connectivity index (χ3v) is 12.5. The molecular formula is C76H116NO8+. The molecule has 0 aromatic carbocycles. The zero-order chi connectivity index (χ0) is 61.9. The Morgan fingerprint density at radius 2 is 0.635 bits per heavy atom. The van der Waals surface area contributed by atoms with Crippen LogP contribution < -0.4 is 0 Å². The monoisotopic (exact) mass is 1170 g/mol. The van der Waals surface area contributed by atoms with E-state index in [0.717, 1.165) is 154 Å². The van der Waals surface area contributed by atoms with Crippen molar-refractivity contribution in [3.63, 3.8) is 0 Å². The van der Waals surface area contributed by atoms with Gasteiger partial charge in [0.25, 0.3) is 6.29 Å². The molecule has 1 N–H and O–H groups in total. The Morgan fingerprint density at radius 1 is 0.353 bits per heavy atom. The summed E-state index contributed by atoms with van der Waals surface area (Å²) < 4.78 is 22.8. The second kappa shape index (κ2) is 63.9. The first-order valence-electron chi connectivity index (χ1n) is 32.2. The largest absolute Gasteiger partial charge is 0.477 e. The van der Waals surface area contributed by atoms with Crippen molar-refractivity contribution in [3.05, 3.63) is 207 Å². The number of carbonyl (C=O) groups is 3. The fourth-order valence-corrected chi connectivity index (χ4v) is 7.67. The van der Waals surface area contributed by atoms with E-state index in [2.05, 4.69) is 220 Å². The Labute approximate surface area is 518 Å². The minimum absolute atomic E-state index is 0.163. The highest BCUT2D eigenvalue weighted by molar-refractivity contribution is 5.71. The van der Waals surface area contributed by atoms with Gasteiger partial charge in [0.2, 0.25) is 0 Å². The van der Waals surface area contributed by atoms with Gasteiger partial charge in [-0.2, -0.15) is 0 Å². The molecule has 0 amide bonds. The van der Waals surface area contributed by atoms with E-state index in [9.17, 15) is 19.5 Å². The second-order valence-electron chi connectivity index (χ2n) is 21.6. The van der Waals surface area contributed by atoms with Crippen molar-refractivity contribution >= 4 is 17.9 Å². The normalized spacial score (nSPS) is 14.1. The van der Waals surface area contributed by atoms with Crippen LogP contribution in [0.5, 0.6) is 0 Å². The molecule has 0 saturated heterocycles. The van der Waals surface area contributed by atoms with Gasteiger partial charge in [0.05, 0.1) is 34.4 Å². The molecule has 9 heteroatoms. The zero-order valence-electron chi connectivity index (χ0n) is 53.7. The van der Waals surface area contributed by atoms with Crippen LogP contribution in [-0.2, 0) is 33.3 Å². The second-order valence-corrected chi connectivity index (χ2v) is 21.6. The number of hydrogen-bond donors (Lipinski definition) is 1. The molecule has 0 aliphatic carbocycles. The van der Waals surface area contributed by atoms with E-state index in [-0.39, 0.29) is 32.7 Å². The zero-order valence-corrected chi connectivity index (χ0v) is 53.7. The van der Waals surface area contributed by atoms with E-state index in [1.807, 2.05) is 21.1 Å². The Kier molecular flexibility index (Phi) is 59.3. The van der Waals surface area contributed by atoms with Crippen molar-refractivity contribution < 1.29 is 42.9 Å². The number of nitrogens with zero attached hydrogens (tertiary/aromatic N) is 1. The number of allylic oxidation sites excluding steroid dienone is 34. The topological polar surface area (TPSA) is 108 Å². The Balaban J connectivity index is 4.39. The SMILES string of the molecule is CC/C=C\C/C=C\C/C=C\C/C=C\C/C=C\C/C=C\C/C=C\C/C=C\C/C=C\CCCCCCCC(=O)OC(COC(=O)CCCC/C=C\C/C=C\C/C=C\C/C=C\C/C=C\C/C=C\C/C=C\C/C=C\CC)COC(OCC[N+](C)(C)C)C(=O)O.